The SMILES string of the molecule is CC(C)(C)c1cc(-c2ccc(-c3ccc(-c4ccc(-c5cc(C(C)(C)C)c(O)c(C(C)(C)C)c5)cc4)cc3)cc2)cc(C(C)(C)C)c1O. The maximum atomic E-state index is 11.2. The molecule has 2 nitrogen and oxygen atoms in total. The molecule has 250 valence electrons. The first kappa shape index (κ1) is 35.0. The highest BCUT2D eigenvalue weighted by molar-refractivity contribution is 5.76. The number of benzene rings is 5. The summed E-state index contributed by atoms with van der Waals surface area (Å²) in [7, 11) is 0. The van der Waals surface area contributed by atoms with Crippen LogP contribution >= 0.6 is 0 Å². The molecule has 0 aliphatic heterocycles. The summed E-state index contributed by atoms with van der Waals surface area (Å²) in [6.45, 7) is 25.8. The highest BCUT2D eigenvalue weighted by Gasteiger charge is 2.28. The summed E-state index contributed by atoms with van der Waals surface area (Å²) in [5.41, 5.74) is 12.5. The summed E-state index contributed by atoms with van der Waals surface area (Å²) >= 11 is 0. The molecule has 0 aromatic heterocycles. The van der Waals surface area contributed by atoms with Crippen LogP contribution in [0.3, 0.4) is 0 Å². The van der Waals surface area contributed by atoms with Crippen LogP contribution in [0, 0.1) is 0 Å². The van der Waals surface area contributed by atoms with Gasteiger partial charge in [0.15, 0.2) is 0 Å². The van der Waals surface area contributed by atoms with E-state index in [1.54, 1.807) is 0 Å². The number of phenolic OH excluding ortho intramolecular Hbond substituents is 2. The molecule has 48 heavy (non-hydrogen) atoms. The molecule has 5 aromatic rings. The first-order chi connectivity index (χ1) is 22.1. The molecule has 0 spiro atoms. The predicted octanol–water partition coefficient (Wildman–Crippen LogP) is 13.0. The minimum atomic E-state index is -0.167. The lowest BCUT2D eigenvalue weighted by atomic mass is 9.77. The first-order valence-electron chi connectivity index (χ1n) is 17.2. The molecule has 0 heterocycles. The van der Waals surface area contributed by atoms with E-state index in [0.29, 0.717) is 11.5 Å². The Balaban J connectivity index is 1.41. The molecular weight excluding hydrogens is 585 g/mol. The number of hydrogen-bond acceptors (Lipinski definition) is 2. The zero-order chi connectivity index (χ0) is 35.4. The maximum Gasteiger partial charge on any atom is 0.123 e. The Kier molecular flexibility index (Phi) is 8.97. The van der Waals surface area contributed by atoms with Crippen molar-refractivity contribution in [1.29, 1.82) is 0 Å². The molecule has 0 radical (unpaired) electrons. The summed E-state index contributed by atoms with van der Waals surface area (Å²) in [6, 6.07) is 34.9. The third-order valence-electron chi connectivity index (χ3n) is 9.44. The minimum absolute atomic E-state index is 0.167. The van der Waals surface area contributed by atoms with Gasteiger partial charge in [0.2, 0.25) is 0 Å². The van der Waals surface area contributed by atoms with Crippen LogP contribution in [0.2, 0.25) is 0 Å². The lowest BCUT2D eigenvalue weighted by Gasteiger charge is -2.28. The van der Waals surface area contributed by atoms with Crippen LogP contribution in [-0.4, -0.2) is 10.2 Å². The Labute approximate surface area is 289 Å². The smallest absolute Gasteiger partial charge is 0.123 e. The fourth-order valence-electron chi connectivity index (χ4n) is 6.45. The Bertz CT molecular complexity index is 1700. The van der Waals surface area contributed by atoms with Crippen molar-refractivity contribution in [3.63, 3.8) is 0 Å². The lowest BCUT2D eigenvalue weighted by Crippen LogP contribution is -2.17. The van der Waals surface area contributed by atoms with E-state index in [2.05, 4.69) is 180 Å². The van der Waals surface area contributed by atoms with E-state index in [9.17, 15) is 10.2 Å². The van der Waals surface area contributed by atoms with Gasteiger partial charge in [0.05, 0.1) is 0 Å². The van der Waals surface area contributed by atoms with Gasteiger partial charge in [-0.1, -0.05) is 156 Å². The molecule has 0 saturated carbocycles. The van der Waals surface area contributed by atoms with Crippen LogP contribution in [0.4, 0.5) is 0 Å². The van der Waals surface area contributed by atoms with E-state index in [-0.39, 0.29) is 21.7 Å². The largest absolute Gasteiger partial charge is 0.507 e. The molecule has 0 bridgehead atoms. The third kappa shape index (κ3) is 7.24. The molecule has 0 saturated heterocycles. The first-order valence-corrected chi connectivity index (χ1v) is 17.2. The molecule has 0 aliphatic rings. The predicted molar refractivity (Wildman–Crippen MR) is 206 cm³/mol. The van der Waals surface area contributed by atoms with Gasteiger partial charge in [-0.3, -0.25) is 0 Å². The monoisotopic (exact) mass is 638 g/mol. The molecule has 2 heteroatoms. The summed E-state index contributed by atoms with van der Waals surface area (Å²) in [6.07, 6.45) is 0. The van der Waals surface area contributed by atoms with Crippen LogP contribution in [0.5, 0.6) is 11.5 Å². The molecule has 2 N–H and O–H groups in total. The summed E-state index contributed by atoms with van der Waals surface area (Å²) < 4.78 is 0. The van der Waals surface area contributed by atoms with Crippen LogP contribution in [-0.2, 0) is 21.7 Å². The lowest BCUT2D eigenvalue weighted by molar-refractivity contribution is 0.422. The van der Waals surface area contributed by atoms with E-state index in [1.165, 1.54) is 22.3 Å². The zero-order valence-electron chi connectivity index (χ0n) is 31.1. The fourth-order valence-corrected chi connectivity index (χ4v) is 6.45. The third-order valence-corrected chi connectivity index (χ3v) is 9.44. The highest BCUT2D eigenvalue weighted by Crippen LogP contribution is 2.44. The number of hydrogen-bond donors (Lipinski definition) is 2. The van der Waals surface area contributed by atoms with Gasteiger partial charge in [0.1, 0.15) is 11.5 Å². The zero-order valence-corrected chi connectivity index (χ0v) is 31.1. The van der Waals surface area contributed by atoms with Gasteiger partial charge in [-0.05, 0) is 90.4 Å². The maximum absolute atomic E-state index is 11.2. The van der Waals surface area contributed by atoms with Crippen molar-refractivity contribution in [2.45, 2.75) is 105 Å². The van der Waals surface area contributed by atoms with Crippen molar-refractivity contribution in [2.24, 2.45) is 0 Å². The minimum Gasteiger partial charge on any atom is -0.507 e. The van der Waals surface area contributed by atoms with Crippen molar-refractivity contribution < 1.29 is 10.2 Å². The van der Waals surface area contributed by atoms with Gasteiger partial charge in [0, 0.05) is 22.3 Å². The molecule has 0 amide bonds. The molecule has 5 rings (SSSR count). The average Bonchev–Trinajstić information content (AvgIpc) is 2.99. The van der Waals surface area contributed by atoms with Gasteiger partial charge >= 0.3 is 0 Å². The van der Waals surface area contributed by atoms with Crippen molar-refractivity contribution in [3.05, 3.63) is 119 Å². The van der Waals surface area contributed by atoms with Gasteiger partial charge in [-0.15, -0.1) is 0 Å². The Morgan fingerprint density at radius 1 is 0.271 bits per heavy atom. The second-order valence-corrected chi connectivity index (χ2v) is 17.6. The molecular formula is C46H54O2. The van der Waals surface area contributed by atoms with Crippen molar-refractivity contribution in [2.75, 3.05) is 0 Å². The highest BCUT2D eigenvalue weighted by atomic mass is 16.3. The van der Waals surface area contributed by atoms with E-state index in [4.69, 9.17) is 0 Å². The van der Waals surface area contributed by atoms with E-state index in [1.807, 2.05) is 0 Å². The van der Waals surface area contributed by atoms with E-state index in [0.717, 1.165) is 44.5 Å². The van der Waals surface area contributed by atoms with Crippen LogP contribution < -0.4 is 0 Å². The van der Waals surface area contributed by atoms with E-state index < -0.39 is 0 Å². The molecule has 0 atom stereocenters. The quantitative estimate of drug-likeness (QED) is 0.206. The van der Waals surface area contributed by atoms with Crippen molar-refractivity contribution in [3.8, 4) is 56.0 Å². The van der Waals surface area contributed by atoms with Crippen LogP contribution in [0.25, 0.3) is 44.5 Å². The number of phenols is 2. The number of rotatable bonds is 4. The van der Waals surface area contributed by atoms with Gasteiger partial charge in [-0.2, -0.15) is 0 Å². The number of aromatic hydroxyl groups is 2. The Hall–Kier alpha value is -4.30. The van der Waals surface area contributed by atoms with Gasteiger partial charge in [-0.25, -0.2) is 0 Å². The molecule has 0 unspecified atom stereocenters. The van der Waals surface area contributed by atoms with Crippen molar-refractivity contribution in [1.82, 2.24) is 0 Å². The van der Waals surface area contributed by atoms with E-state index >= 15 is 0 Å². The van der Waals surface area contributed by atoms with Crippen molar-refractivity contribution >= 4 is 0 Å². The summed E-state index contributed by atoms with van der Waals surface area (Å²) in [5.74, 6) is 0.824. The Morgan fingerprint density at radius 2 is 0.417 bits per heavy atom. The van der Waals surface area contributed by atoms with Crippen LogP contribution in [0.15, 0.2) is 97.1 Å². The standard InChI is InChI=1S/C46H54O2/c1-43(2,3)37-25-35(26-38(41(37)47)44(4,5)6)33-21-17-31(18-22-33)29-13-15-30(16-14-29)32-19-23-34(24-20-32)36-27-39(45(7,8)9)42(48)40(28-36)46(10,11)12/h13-28,47-48H,1-12H3. The Morgan fingerprint density at radius 3 is 0.562 bits per heavy atom. The molecule has 5 aromatic carbocycles. The second-order valence-electron chi connectivity index (χ2n) is 17.6. The summed E-state index contributed by atoms with van der Waals surface area (Å²) in [4.78, 5) is 0. The average molecular weight is 639 g/mol. The van der Waals surface area contributed by atoms with Gasteiger partial charge < -0.3 is 10.2 Å². The topological polar surface area (TPSA) is 40.5 Å². The second kappa shape index (κ2) is 12.3. The molecule has 0 aliphatic carbocycles. The fraction of sp³-hybridized carbons (Fsp3) is 0.348. The van der Waals surface area contributed by atoms with Crippen LogP contribution in [0.1, 0.15) is 105 Å². The van der Waals surface area contributed by atoms with Gasteiger partial charge in [0.25, 0.3) is 0 Å². The summed E-state index contributed by atoms with van der Waals surface area (Å²) in [5, 5.41) is 22.3. The normalized spacial score (nSPS) is 12.8. The molecule has 0 fully saturated rings.